The summed E-state index contributed by atoms with van der Waals surface area (Å²) in [4.78, 5) is 13.1. The Morgan fingerprint density at radius 3 is 2.31 bits per heavy atom. The lowest BCUT2D eigenvalue weighted by Gasteiger charge is -2.24. The molecule has 1 fully saturated rings. The molecule has 0 bridgehead atoms. The third-order valence-corrected chi connectivity index (χ3v) is 5.28. The zero-order chi connectivity index (χ0) is 18.4. The summed E-state index contributed by atoms with van der Waals surface area (Å²) in [5.41, 5.74) is 0. The number of thioether (sulfide) groups is 1. The Hall–Kier alpha value is -1.73. The molecule has 5 nitrogen and oxygen atoms in total. The predicted octanol–water partition coefficient (Wildman–Crippen LogP) is 4.83. The molecule has 7 heteroatoms. The fraction of sp³-hybridized carbons (Fsp3) is 0.316. The van der Waals surface area contributed by atoms with Crippen LogP contribution in [0.5, 0.6) is 11.5 Å². The summed E-state index contributed by atoms with van der Waals surface area (Å²) in [6, 6.07) is 14.6. The topological polar surface area (TPSA) is 59.0 Å². The van der Waals surface area contributed by atoms with Crippen molar-refractivity contribution in [2.45, 2.75) is 17.7 Å². The van der Waals surface area contributed by atoms with Gasteiger partial charge in [-0.3, -0.25) is 10.0 Å². The van der Waals surface area contributed by atoms with Crippen LogP contribution in [0.25, 0.3) is 0 Å². The molecule has 0 radical (unpaired) electrons. The van der Waals surface area contributed by atoms with Crippen molar-refractivity contribution in [3.8, 4) is 11.5 Å². The summed E-state index contributed by atoms with van der Waals surface area (Å²) in [7, 11) is 0. The molecule has 0 atom stereocenters. The molecule has 1 amide bonds. The lowest BCUT2D eigenvalue weighted by molar-refractivity contribution is -0.168. The van der Waals surface area contributed by atoms with Gasteiger partial charge in [0, 0.05) is 29.0 Å². The van der Waals surface area contributed by atoms with Crippen LogP contribution >= 0.6 is 23.4 Å². The molecular formula is C19H20ClNO4S. The van der Waals surface area contributed by atoms with Crippen LogP contribution in [0.4, 0.5) is 0 Å². The predicted molar refractivity (Wildman–Crippen MR) is 101 cm³/mol. The molecular weight excluding hydrogens is 374 g/mol. The smallest absolute Gasteiger partial charge is 0.250 e. The number of nitrogens with zero attached hydrogens (tertiary/aromatic N) is 1. The van der Waals surface area contributed by atoms with Gasteiger partial charge in [-0.2, -0.15) is 0 Å². The van der Waals surface area contributed by atoms with Crippen LogP contribution in [0, 0.1) is 5.92 Å². The van der Waals surface area contributed by atoms with Gasteiger partial charge < -0.3 is 9.47 Å². The minimum atomic E-state index is -0.233. The average Bonchev–Trinajstić information content (AvgIpc) is 2.69. The molecule has 26 heavy (non-hydrogen) atoms. The molecule has 1 aliphatic rings. The first-order chi connectivity index (χ1) is 12.6. The second-order valence-corrected chi connectivity index (χ2v) is 7.38. The Morgan fingerprint density at radius 1 is 1.12 bits per heavy atom. The van der Waals surface area contributed by atoms with Crippen molar-refractivity contribution in [1.82, 2.24) is 5.06 Å². The van der Waals surface area contributed by atoms with Crippen LogP contribution in [0.2, 0.25) is 5.02 Å². The second-order valence-electron chi connectivity index (χ2n) is 5.93. The van der Waals surface area contributed by atoms with Crippen LogP contribution in [-0.2, 0) is 9.53 Å². The van der Waals surface area contributed by atoms with E-state index in [1.807, 2.05) is 24.3 Å². The van der Waals surface area contributed by atoms with Gasteiger partial charge in [-0.05, 0) is 61.4 Å². The van der Waals surface area contributed by atoms with E-state index in [1.54, 1.807) is 24.3 Å². The first-order valence-electron chi connectivity index (χ1n) is 8.36. The molecule has 0 aromatic heterocycles. The fourth-order valence-electron chi connectivity index (χ4n) is 2.60. The van der Waals surface area contributed by atoms with E-state index in [4.69, 9.17) is 21.1 Å². The molecule has 1 N–H and O–H groups in total. The van der Waals surface area contributed by atoms with Crippen molar-refractivity contribution in [3.05, 3.63) is 53.6 Å². The maximum absolute atomic E-state index is 12.2. The van der Waals surface area contributed by atoms with Gasteiger partial charge in [-0.15, -0.1) is 11.8 Å². The summed E-state index contributed by atoms with van der Waals surface area (Å²) in [5, 5.41) is 11.5. The van der Waals surface area contributed by atoms with E-state index in [9.17, 15) is 10.0 Å². The highest BCUT2D eigenvalue weighted by Crippen LogP contribution is 2.27. The molecule has 3 rings (SSSR count). The maximum Gasteiger partial charge on any atom is 0.250 e. The summed E-state index contributed by atoms with van der Waals surface area (Å²) >= 11 is 7.24. The zero-order valence-corrected chi connectivity index (χ0v) is 15.7. The SMILES string of the molecule is O=C(C1CCOCC1)N(O)CSc1ccc(Oc2ccc(Cl)cc2)cc1. The minimum absolute atomic E-state index is 0.149. The zero-order valence-electron chi connectivity index (χ0n) is 14.1. The van der Waals surface area contributed by atoms with Crippen LogP contribution in [0.3, 0.4) is 0 Å². The van der Waals surface area contributed by atoms with Gasteiger partial charge >= 0.3 is 0 Å². The van der Waals surface area contributed by atoms with Gasteiger partial charge in [-0.1, -0.05) is 11.6 Å². The number of benzene rings is 2. The number of carbonyl (C=O) groups excluding carboxylic acids is 1. The van der Waals surface area contributed by atoms with E-state index >= 15 is 0 Å². The lowest BCUT2D eigenvalue weighted by atomic mass is 10.00. The molecule has 138 valence electrons. The molecule has 0 spiro atoms. The minimum Gasteiger partial charge on any atom is -0.457 e. The van der Waals surface area contributed by atoms with E-state index in [2.05, 4.69) is 0 Å². The molecule has 1 saturated heterocycles. The van der Waals surface area contributed by atoms with E-state index < -0.39 is 0 Å². The molecule has 2 aromatic rings. The van der Waals surface area contributed by atoms with Crippen molar-refractivity contribution in [3.63, 3.8) is 0 Å². The number of carbonyl (C=O) groups is 1. The summed E-state index contributed by atoms with van der Waals surface area (Å²) in [5.74, 6) is 1.22. The number of amides is 1. The third kappa shape index (κ3) is 5.38. The van der Waals surface area contributed by atoms with Crippen molar-refractivity contribution in [2.75, 3.05) is 19.1 Å². The van der Waals surface area contributed by atoms with Gasteiger partial charge in [0.15, 0.2) is 0 Å². The van der Waals surface area contributed by atoms with E-state index in [1.165, 1.54) is 11.8 Å². The van der Waals surface area contributed by atoms with E-state index in [-0.39, 0.29) is 17.7 Å². The monoisotopic (exact) mass is 393 g/mol. The van der Waals surface area contributed by atoms with Crippen molar-refractivity contribution in [2.24, 2.45) is 5.92 Å². The first kappa shape index (κ1) is 19.0. The van der Waals surface area contributed by atoms with Gasteiger partial charge in [0.25, 0.3) is 0 Å². The van der Waals surface area contributed by atoms with Crippen LogP contribution in [0.1, 0.15) is 12.8 Å². The number of rotatable bonds is 6. The highest BCUT2D eigenvalue weighted by molar-refractivity contribution is 7.99. The van der Waals surface area contributed by atoms with Gasteiger partial charge in [-0.25, -0.2) is 5.06 Å². The highest BCUT2D eigenvalue weighted by Gasteiger charge is 2.25. The van der Waals surface area contributed by atoms with Crippen LogP contribution in [-0.4, -0.2) is 35.3 Å². The van der Waals surface area contributed by atoms with Crippen molar-refractivity contribution >= 4 is 29.3 Å². The Bertz CT molecular complexity index is 717. The normalized spacial score (nSPS) is 14.8. The number of halogens is 1. The maximum atomic E-state index is 12.2. The van der Waals surface area contributed by atoms with Crippen molar-refractivity contribution < 1.29 is 19.5 Å². The van der Waals surface area contributed by atoms with Gasteiger partial charge in [0.1, 0.15) is 11.5 Å². The number of hydroxylamine groups is 2. The second kappa shape index (κ2) is 9.28. The van der Waals surface area contributed by atoms with Crippen LogP contribution in [0.15, 0.2) is 53.4 Å². The molecule has 0 saturated carbocycles. The standard InChI is InChI=1S/C19H20ClNO4S/c20-15-1-3-16(4-2-15)25-17-5-7-18(8-6-17)26-13-21(23)19(22)14-9-11-24-12-10-14/h1-8,14,23H,9-13H2. The molecule has 2 aromatic carbocycles. The summed E-state index contributed by atoms with van der Waals surface area (Å²) in [6.45, 7) is 1.15. The molecule has 0 aliphatic carbocycles. The number of hydrogen-bond acceptors (Lipinski definition) is 5. The Morgan fingerprint density at radius 2 is 1.69 bits per heavy atom. The third-order valence-electron chi connectivity index (χ3n) is 4.05. The van der Waals surface area contributed by atoms with E-state index in [0.717, 1.165) is 9.96 Å². The van der Waals surface area contributed by atoms with E-state index in [0.29, 0.717) is 42.6 Å². The fourth-order valence-corrected chi connectivity index (χ4v) is 3.45. The quantitative estimate of drug-likeness (QED) is 0.330. The Balaban J connectivity index is 1.49. The molecule has 1 heterocycles. The number of ether oxygens (including phenoxy) is 2. The average molecular weight is 394 g/mol. The highest BCUT2D eigenvalue weighted by atomic mass is 35.5. The van der Waals surface area contributed by atoms with Crippen molar-refractivity contribution in [1.29, 1.82) is 0 Å². The lowest BCUT2D eigenvalue weighted by Crippen LogP contribution is -2.36. The van der Waals surface area contributed by atoms with Crippen LogP contribution < -0.4 is 4.74 Å². The number of hydrogen-bond donors (Lipinski definition) is 1. The molecule has 1 aliphatic heterocycles. The van der Waals surface area contributed by atoms with Gasteiger partial charge in [0.2, 0.25) is 5.91 Å². The Labute approximate surface area is 161 Å². The largest absolute Gasteiger partial charge is 0.457 e. The van der Waals surface area contributed by atoms with Gasteiger partial charge in [0.05, 0.1) is 5.88 Å². The summed E-state index contributed by atoms with van der Waals surface area (Å²) in [6.07, 6.45) is 1.33. The molecule has 0 unspecified atom stereocenters. The Kier molecular flexibility index (Phi) is 6.80. The first-order valence-corrected chi connectivity index (χ1v) is 9.72. The summed E-state index contributed by atoms with van der Waals surface area (Å²) < 4.78 is 11.0.